The summed E-state index contributed by atoms with van der Waals surface area (Å²) in [5.41, 5.74) is 0.613. The van der Waals surface area contributed by atoms with E-state index in [1.807, 2.05) is 18.0 Å². The first-order valence-electron chi connectivity index (χ1n) is 9.65. The van der Waals surface area contributed by atoms with Crippen LogP contribution < -0.4 is 0 Å². The van der Waals surface area contributed by atoms with Crippen molar-refractivity contribution in [2.24, 2.45) is 5.92 Å². The van der Waals surface area contributed by atoms with E-state index in [2.05, 4.69) is 9.80 Å². The molecule has 1 spiro atoms. The van der Waals surface area contributed by atoms with Crippen LogP contribution in [0.25, 0.3) is 0 Å². The SMILES string of the molecule is CN1CCN(CC2CC2)C2(CCN(Cc3ccc(Cl)c(F)c3)CC2)C1=O. The highest BCUT2D eigenvalue weighted by Gasteiger charge is 2.50. The largest absolute Gasteiger partial charge is 0.343 e. The Morgan fingerprint density at radius 2 is 1.92 bits per heavy atom. The average molecular weight is 380 g/mol. The molecule has 2 aliphatic heterocycles. The highest BCUT2D eigenvalue weighted by Crippen LogP contribution is 2.38. The smallest absolute Gasteiger partial charge is 0.242 e. The molecule has 2 saturated heterocycles. The van der Waals surface area contributed by atoms with Crippen molar-refractivity contribution in [1.29, 1.82) is 0 Å². The van der Waals surface area contributed by atoms with Gasteiger partial charge in [0.1, 0.15) is 11.4 Å². The Morgan fingerprint density at radius 3 is 2.58 bits per heavy atom. The van der Waals surface area contributed by atoms with Gasteiger partial charge in [0.05, 0.1) is 5.02 Å². The number of hydrogen-bond acceptors (Lipinski definition) is 3. The number of hydrogen-bond donors (Lipinski definition) is 0. The van der Waals surface area contributed by atoms with Crippen LogP contribution in [0, 0.1) is 11.7 Å². The fourth-order valence-electron chi connectivity index (χ4n) is 4.46. The Hall–Kier alpha value is -1.17. The van der Waals surface area contributed by atoms with Gasteiger partial charge in [-0.15, -0.1) is 0 Å². The van der Waals surface area contributed by atoms with Gasteiger partial charge in [0, 0.05) is 46.3 Å². The van der Waals surface area contributed by atoms with Crippen LogP contribution in [-0.2, 0) is 11.3 Å². The van der Waals surface area contributed by atoms with Gasteiger partial charge in [-0.2, -0.15) is 0 Å². The second-order valence-corrected chi connectivity index (χ2v) is 8.58. The maximum Gasteiger partial charge on any atom is 0.242 e. The van der Waals surface area contributed by atoms with Crippen molar-refractivity contribution in [3.8, 4) is 0 Å². The number of halogens is 2. The first-order chi connectivity index (χ1) is 12.5. The van der Waals surface area contributed by atoms with Gasteiger partial charge >= 0.3 is 0 Å². The van der Waals surface area contributed by atoms with Crippen LogP contribution in [0.1, 0.15) is 31.2 Å². The summed E-state index contributed by atoms with van der Waals surface area (Å²) >= 11 is 5.78. The lowest BCUT2D eigenvalue weighted by atomic mass is 9.82. The summed E-state index contributed by atoms with van der Waals surface area (Å²) in [6.07, 6.45) is 4.34. The number of amides is 1. The molecule has 1 aliphatic carbocycles. The van der Waals surface area contributed by atoms with Gasteiger partial charge in [-0.05, 0) is 49.3 Å². The number of carbonyl (C=O) groups is 1. The summed E-state index contributed by atoms with van der Waals surface area (Å²) in [5.74, 6) is 0.720. The fraction of sp³-hybridized carbons (Fsp3) is 0.650. The standard InChI is InChI=1S/C20H27ClFN3O/c1-23-10-11-25(14-15-2-3-15)20(19(23)26)6-8-24(9-7-20)13-16-4-5-17(21)18(22)12-16/h4-5,12,15H,2-3,6-11,13-14H2,1H3. The van der Waals surface area contributed by atoms with E-state index in [1.54, 1.807) is 6.07 Å². The number of piperazine rings is 1. The molecule has 4 rings (SSSR count). The number of carbonyl (C=O) groups excluding carboxylic acids is 1. The van der Waals surface area contributed by atoms with Crippen LogP contribution >= 0.6 is 11.6 Å². The van der Waals surface area contributed by atoms with Crippen LogP contribution in [0.5, 0.6) is 0 Å². The van der Waals surface area contributed by atoms with E-state index in [0.717, 1.165) is 57.0 Å². The first-order valence-corrected chi connectivity index (χ1v) is 10.0. The van der Waals surface area contributed by atoms with Crippen molar-refractivity contribution in [2.45, 2.75) is 37.8 Å². The molecule has 0 bridgehead atoms. The third-order valence-corrected chi connectivity index (χ3v) is 6.61. The highest BCUT2D eigenvalue weighted by molar-refractivity contribution is 6.30. The monoisotopic (exact) mass is 379 g/mol. The molecule has 0 atom stereocenters. The molecule has 1 saturated carbocycles. The molecule has 0 N–H and O–H groups in total. The van der Waals surface area contributed by atoms with Gasteiger partial charge in [0.15, 0.2) is 0 Å². The van der Waals surface area contributed by atoms with Crippen molar-refractivity contribution in [3.05, 3.63) is 34.6 Å². The highest BCUT2D eigenvalue weighted by atomic mass is 35.5. The third kappa shape index (κ3) is 3.49. The van der Waals surface area contributed by atoms with E-state index in [-0.39, 0.29) is 16.4 Å². The lowest BCUT2D eigenvalue weighted by molar-refractivity contribution is -0.154. The second-order valence-electron chi connectivity index (χ2n) is 8.17. The lowest BCUT2D eigenvalue weighted by Crippen LogP contribution is -2.68. The van der Waals surface area contributed by atoms with E-state index in [0.29, 0.717) is 12.5 Å². The molecule has 0 aromatic heterocycles. The first kappa shape index (κ1) is 18.2. The molecule has 1 aromatic carbocycles. The zero-order chi connectivity index (χ0) is 18.3. The predicted octanol–water partition coefficient (Wildman–Crippen LogP) is 3.00. The molecule has 0 radical (unpaired) electrons. The van der Waals surface area contributed by atoms with E-state index in [1.165, 1.54) is 18.9 Å². The van der Waals surface area contributed by atoms with Crippen molar-refractivity contribution in [1.82, 2.24) is 14.7 Å². The van der Waals surface area contributed by atoms with Crippen LogP contribution in [0.3, 0.4) is 0 Å². The van der Waals surface area contributed by atoms with Crippen molar-refractivity contribution in [2.75, 3.05) is 39.8 Å². The van der Waals surface area contributed by atoms with Gasteiger partial charge in [-0.25, -0.2) is 4.39 Å². The number of piperidine rings is 1. The number of likely N-dealkylation sites (N-methyl/N-ethyl adjacent to an activating group) is 1. The number of benzene rings is 1. The molecule has 1 aromatic rings. The molecule has 3 fully saturated rings. The van der Waals surface area contributed by atoms with Gasteiger partial charge in [-0.3, -0.25) is 14.6 Å². The second kappa shape index (κ2) is 7.10. The van der Waals surface area contributed by atoms with E-state index >= 15 is 0 Å². The van der Waals surface area contributed by atoms with Crippen LogP contribution in [-0.4, -0.2) is 65.9 Å². The Morgan fingerprint density at radius 1 is 1.19 bits per heavy atom. The van der Waals surface area contributed by atoms with Crippen LogP contribution in [0.4, 0.5) is 4.39 Å². The molecule has 0 unspecified atom stereocenters. The maximum absolute atomic E-state index is 13.7. The van der Waals surface area contributed by atoms with Gasteiger partial charge in [0.2, 0.25) is 5.91 Å². The predicted molar refractivity (Wildman–Crippen MR) is 101 cm³/mol. The van der Waals surface area contributed by atoms with Crippen LogP contribution in [0.15, 0.2) is 18.2 Å². The van der Waals surface area contributed by atoms with E-state index < -0.39 is 0 Å². The quantitative estimate of drug-likeness (QED) is 0.804. The van der Waals surface area contributed by atoms with Crippen molar-refractivity contribution < 1.29 is 9.18 Å². The zero-order valence-corrected chi connectivity index (χ0v) is 16.1. The normalized spacial score (nSPS) is 24.4. The number of likely N-dealkylation sites (tertiary alicyclic amines) is 1. The van der Waals surface area contributed by atoms with Gasteiger partial charge in [0.25, 0.3) is 0 Å². The summed E-state index contributed by atoms with van der Waals surface area (Å²) in [6.45, 7) is 5.33. The zero-order valence-electron chi connectivity index (χ0n) is 15.4. The lowest BCUT2D eigenvalue weighted by Gasteiger charge is -2.52. The van der Waals surface area contributed by atoms with Gasteiger partial charge in [-0.1, -0.05) is 17.7 Å². The molecule has 3 aliphatic rings. The molecule has 1 amide bonds. The van der Waals surface area contributed by atoms with E-state index in [9.17, 15) is 9.18 Å². The minimum absolute atomic E-state index is 0.165. The van der Waals surface area contributed by atoms with Crippen molar-refractivity contribution >= 4 is 17.5 Å². The number of nitrogens with zero attached hydrogens (tertiary/aromatic N) is 3. The Labute approximate surface area is 159 Å². The summed E-state index contributed by atoms with van der Waals surface area (Å²) in [6, 6.07) is 5.02. The molecule has 6 heteroatoms. The summed E-state index contributed by atoms with van der Waals surface area (Å²) in [7, 11) is 1.93. The molecule has 2 heterocycles. The Kier molecular flexibility index (Phi) is 4.97. The van der Waals surface area contributed by atoms with Crippen molar-refractivity contribution in [3.63, 3.8) is 0 Å². The van der Waals surface area contributed by atoms with Crippen LogP contribution in [0.2, 0.25) is 5.02 Å². The topological polar surface area (TPSA) is 26.8 Å². The Balaban J connectivity index is 1.44. The third-order valence-electron chi connectivity index (χ3n) is 6.30. The van der Waals surface area contributed by atoms with Gasteiger partial charge < -0.3 is 4.90 Å². The molecule has 4 nitrogen and oxygen atoms in total. The molecular formula is C20H27ClFN3O. The minimum Gasteiger partial charge on any atom is -0.343 e. The molecular weight excluding hydrogens is 353 g/mol. The molecule has 142 valence electrons. The molecule has 26 heavy (non-hydrogen) atoms. The summed E-state index contributed by atoms with van der Waals surface area (Å²) < 4.78 is 13.7. The fourth-order valence-corrected chi connectivity index (χ4v) is 4.58. The maximum atomic E-state index is 13.7. The van der Waals surface area contributed by atoms with E-state index in [4.69, 9.17) is 11.6 Å². The number of rotatable bonds is 4. The summed E-state index contributed by atoms with van der Waals surface area (Å²) in [5, 5.41) is 0.165. The minimum atomic E-state index is -0.364. The Bertz CT molecular complexity index is 686. The summed E-state index contributed by atoms with van der Waals surface area (Å²) in [4.78, 5) is 19.8. The average Bonchev–Trinajstić information content (AvgIpc) is 3.45.